The van der Waals surface area contributed by atoms with E-state index in [0.29, 0.717) is 17.3 Å². The Kier molecular flexibility index (Phi) is 5.80. The van der Waals surface area contributed by atoms with Crippen LogP contribution in [0, 0.1) is 0 Å². The number of rotatable bonds is 7. The van der Waals surface area contributed by atoms with Crippen molar-refractivity contribution in [2.45, 2.75) is 19.4 Å². The van der Waals surface area contributed by atoms with E-state index in [0.717, 1.165) is 16.3 Å². The summed E-state index contributed by atoms with van der Waals surface area (Å²) in [7, 11) is 1.64. The van der Waals surface area contributed by atoms with Crippen molar-refractivity contribution in [1.29, 1.82) is 0 Å². The minimum Gasteiger partial charge on any atom is -0.497 e. The summed E-state index contributed by atoms with van der Waals surface area (Å²) in [5, 5.41) is 12.2. The SMILES string of the molecule is COc1ccc(Cc2nnc(NC(=O)[C@H](C)Oc3ccccc3)s2)cc1. The molecule has 1 aromatic heterocycles. The quantitative estimate of drug-likeness (QED) is 0.689. The lowest BCUT2D eigenvalue weighted by Gasteiger charge is -2.13. The van der Waals surface area contributed by atoms with E-state index in [1.54, 1.807) is 14.0 Å². The van der Waals surface area contributed by atoms with Crippen LogP contribution in [0.5, 0.6) is 11.5 Å². The van der Waals surface area contributed by atoms with Gasteiger partial charge in [-0.1, -0.05) is 41.7 Å². The van der Waals surface area contributed by atoms with E-state index in [2.05, 4.69) is 15.5 Å². The maximum absolute atomic E-state index is 12.2. The Hall–Kier alpha value is -2.93. The van der Waals surface area contributed by atoms with Gasteiger partial charge in [0, 0.05) is 6.42 Å². The fourth-order valence-corrected chi connectivity index (χ4v) is 3.03. The van der Waals surface area contributed by atoms with Crippen molar-refractivity contribution in [2.75, 3.05) is 12.4 Å². The number of aromatic nitrogens is 2. The third-order valence-corrected chi connectivity index (χ3v) is 4.48. The fourth-order valence-electron chi connectivity index (χ4n) is 2.26. The molecule has 0 saturated heterocycles. The molecule has 1 N–H and O–H groups in total. The lowest BCUT2D eigenvalue weighted by molar-refractivity contribution is -0.122. The fraction of sp³-hybridized carbons (Fsp3) is 0.211. The Balaban J connectivity index is 1.56. The second kappa shape index (κ2) is 8.44. The number of ether oxygens (including phenoxy) is 2. The highest BCUT2D eigenvalue weighted by molar-refractivity contribution is 7.15. The van der Waals surface area contributed by atoms with Crippen molar-refractivity contribution in [3.05, 3.63) is 65.2 Å². The summed E-state index contributed by atoms with van der Waals surface area (Å²) >= 11 is 1.35. The van der Waals surface area contributed by atoms with Gasteiger partial charge >= 0.3 is 0 Å². The molecule has 7 heteroatoms. The van der Waals surface area contributed by atoms with E-state index in [4.69, 9.17) is 9.47 Å². The Labute approximate surface area is 155 Å². The smallest absolute Gasteiger partial charge is 0.266 e. The van der Waals surface area contributed by atoms with Gasteiger partial charge in [0.15, 0.2) is 6.10 Å². The number of methoxy groups -OCH3 is 1. The summed E-state index contributed by atoms with van der Waals surface area (Å²) in [6.45, 7) is 1.70. The molecule has 0 fully saturated rings. The molecule has 6 nitrogen and oxygen atoms in total. The minimum atomic E-state index is -0.633. The first kappa shape index (κ1) is 17.9. The van der Waals surface area contributed by atoms with E-state index in [1.807, 2.05) is 54.6 Å². The molecule has 0 saturated carbocycles. The molecule has 3 rings (SSSR count). The monoisotopic (exact) mass is 369 g/mol. The van der Waals surface area contributed by atoms with Gasteiger partial charge in [0.2, 0.25) is 5.13 Å². The molecule has 1 heterocycles. The molecular formula is C19H19N3O3S. The Morgan fingerprint density at radius 3 is 2.50 bits per heavy atom. The van der Waals surface area contributed by atoms with Gasteiger partial charge in [-0.15, -0.1) is 10.2 Å². The number of benzene rings is 2. The maximum atomic E-state index is 12.2. The van der Waals surface area contributed by atoms with Crippen molar-refractivity contribution in [3.8, 4) is 11.5 Å². The number of carbonyl (C=O) groups is 1. The zero-order chi connectivity index (χ0) is 18.4. The summed E-state index contributed by atoms with van der Waals surface area (Å²) < 4.78 is 10.8. The molecule has 2 aromatic carbocycles. The van der Waals surface area contributed by atoms with E-state index >= 15 is 0 Å². The highest BCUT2D eigenvalue weighted by atomic mass is 32.1. The van der Waals surface area contributed by atoms with Gasteiger partial charge in [-0.25, -0.2) is 0 Å². The lowest BCUT2D eigenvalue weighted by atomic mass is 10.1. The first-order chi connectivity index (χ1) is 12.6. The average molecular weight is 369 g/mol. The van der Waals surface area contributed by atoms with Crippen molar-refractivity contribution in [2.24, 2.45) is 0 Å². The third kappa shape index (κ3) is 4.80. The Bertz CT molecular complexity index is 850. The van der Waals surface area contributed by atoms with Crippen LogP contribution in [0.3, 0.4) is 0 Å². The largest absolute Gasteiger partial charge is 0.497 e. The van der Waals surface area contributed by atoms with Crippen LogP contribution >= 0.6 is 11.3 Å². The van der Waals surface area contributed by atoms with Crippen LogP contribution in [0.25, 0.3) is 0 Å². The highest BCUT2D eigenvalue weighted by Crippen LogP contribution is 2.20. The number of nitrogens with one attached hydrogen (secondary N) is 1. The van der Waals surface area contributed by atoms with Crippen LogP contribution in [0.1, 0.15) is 17.5 Å². The molecule has 134 valence electrons. The topological polar surface area (TPSA) is 73.3 Å². The zero-order valence-corrected chi connectivity index (χ0v) is 15.3. The summed E-state index contributed by atoms with van der Waals surface area (Å²) in [5.41, 5.74) is 1.10. The number of carbonyl (C=O) groups excluding carboxylic acids is 1. The second-order valence-corrected chi connectivity index (χ2v) is 6.65. The second-order valence-electron chi connectivity index (χ2n) is 5.59. The number of hydrogen-bond acceptors (Lipinski definition) is 6. The van der Waals surface area contributed by atoms with Crippen LogP contribution in [-0.2, 0) is 11.2 Å². The molecule has 0 aliphatic heterocycles. The van der Waals surface area contributed by atoms with Crippen molar-refractivity contribution < 1.29 is 14.3 Å². The van der Waals surface area contributed by atoms with Gasteiger partial charge in [-0.2, -0.15) is 0 Å². The molecule has 0 aliphatic rings. The maximum Gasteiger partial charge on any atom is 0.266 e. The Morgan fingerprint density at radius 1 is 1.08 bits per heavy atom. The first-order valence-corrected chi connectivity index (χ1v) is 8.93. The van der Waals surface area contributed by atoms with Crippen LogP contribution in [0.2, 0.25) is 0 Å². The summed E-state index contributed by atoms with van der Waals surface area (Å²) in [4.78, 5) is 12.2. The molecule has 1 atom stereocenters. The van der Waals surface area contributed by atoms with E-state index in [1.165, 1.54) is 11.3 Å². The molecule has 1 amide bonds. The standard InChI is InChI=1S/C19H19N3O3S/c1-13(25-16-6-4-3-5-7-16)18(23)20-19-22-21-17(26-19)12-14-8-10-15(24-2)11-9-14/h3-11,13H,12H2,1-2H3,(H,20,22,23)/t13-/m0/s1. The van der Waals surface area contributed by atoms with E-state index in [9.17, 15) is 4.79 Å². The van der Waals surface area contributed by atoms with Crippen LogP contribution < -0.4 is 14.8 Å². The van der Waals surface area contributed by atoms with Gasteiger partial charge in [-0.05, 0) is 36.8 Å². The normalized spacial score (nSPS) is 11.6. The number of hydrogen-bond donors (Lipinski definition) is 1. The van der Waals surface area contributed by atoms with Crippen molar-refractivity contribution in [1.82, 2.24) is 10.2 Å². The lowest BCUT2D eigenvalue weighted by Crippen LogP contribution is -2.30. The molecule has 3 aromatic rings. The summed E-state index contributed by atoms with van der Waals surface area (Å²) in [6.07, 6.45) is 0.0134. The summed E-state index contributed by atoms with van der Waals surface area (Å²) in [5.74, 6) is 1.19. The van der Waals surface area contributed by atoms with E-state index < -0.39 is 6.10 Å². The van der Waals surface area contributed by atoms with Crippen molar-refractivity contribution in [3.63, 3.8) is 0 Å². The molecule has 0 aliphatic carbocycles. The predicted octanol–water partition coefficient (Wildman–Crippen LogP) is 3.54. The molecule has 26 heavy (non-hydrogen) atoms. The van der Waals surface area contributed by atoms with Crippen LogP contribution in [0.4, 0.5) is 5.13 Å². The average Bonchev–Trinajstić information content (AvgIpc) is 3.10. The summed E-state index contributed by atoms with van der Waals surface area (Å²) in [6, 6.07) is 17.0. The van der Waals surface area contributed by atoms with Gasteiger partial charge in [-0.3, -0.25) is 10.1 Å². The van der Waals surface area contributed by atoms with Crippen LogP contribution in [-0.4, -0.2) is 29.3 Å². The molecule has 0 spiro atoms. The molecule has 0 unspecified atom stereocenters. The number of para-hydroxylation sites is 1. The van der Waals surface area contributed by atoms with Crippen molar-refractivity contribution >= 4 is 22.4 Å². The Morgan fingerprint density at radius 2 is 1.81 bits per heavy atom. The number of anilines is 1. The van der Waals surface area contributed by atoms with E-state index in [-0.39, 0.29) is 5.91 Å². The number of nitrogens with zero attached hydrogens (tertiary/aromatic N) is 2. The predicted molar refractivity (Wildman–Crippen MR) is 101 cm³/mol. The molecule has 0 bridgehead atoms. The van der Waals surface area contributed by atoms with Gasteiger partial charge in [0.25, 0.3) is 5.91 Å². The van der Waals surface area contributed by atoms with Gasteiger partial charge in [0.1, 0.15) is 16.5 Å². The zero-order valence-electron chi connectivity index (χ0n) is 14.5. The first-order valence-electron chi connectivity index (χ1n) is 8.12. The molecular weight excluding hydrogens is 350 g/mol. The van der Waals surface area contributed by atoms with Gasteiger partial charge in [0.05, 0.1) is 7.11 Å². The van der Waals surface area contributed by atoms with Crippen LogP contribution in [0.15, 0.2) is 54.6 Å². The minimum absolute atomic E-state index is 0.263. The third-order valence-electron chi connectivity index (χ3n) is 3.64. The van der Waals surface area contributed by atoms with Gasteiger partial charge < -0.3 is 9.47 Å². The molecule has 0 radical (unpaired) electrons. The highest BCUT2D eigenvalue weighted by Gasteiger charge is 2.17. The number of amides is 1.